The molecule has 0 bridgehead atoms. The Balaban J connectivity index is 1.56. The number of carbonyl (C=O) groups is 1. The van der Waals surface area contributed by atoms with Crippen LogP contribution >= 0.6 is 0 Å². The third-order valence-corrected chi connectivity index (χ3v) is 4.49. The molecule has 0 saturated carbocycles. The summed E-state index contributed by atoms with van der Waals surface area (Å²) in [4.78, 5) is 15.1. The van der Waals surface area contributed by atoms with E-state index in [2.05, 4.69) is 25.7 Å². The fourth-order valence-electron chi connectivity index (χ4n) is 3.13. The summed E-state index contributed by atoms with van der Waals surface area (Å²) in [6, 6.07) is 7.55. The number of likely N-dealkylation sites (tertiary alicyclic amines) is 1. The van der Waals surface area contributed by atoms with E-state index in [-0.39, 0.29) is 11.9 Å². The first-order valence-electron chi connectivity index (χ1n) is 8.62. The molecule has 8 heteroatoms. The average Bonchev–Trinajstić information content (AvgIpc) is 3.18. The molecule has 8 nitrogen and oxygen atoms in total. The average molecular weight is 344 g/mol. The number of amides is 1. The number of nitrogens with zero attached hydrogens (tertiary/aromatic N) is 5. The summed E-state index contributed by atoms with van der Waals surface area (Å²) in [5.74, 6) is -0.0797. The molecule has 134 valence electrons. The van der Waals surface area contributed by atoms with Crippen LogP contribution in [-0.2, 0) is 4.74 Å². The van der Waals surface area contributed by atoms with Crippen LogP contribution in [0, 0.1) is 0 Å². The van der Waals surface area contributed by atoms with Crippen molar-refractivity contribution in [2.75, 3.05) is 33.4 Å². The molecule has 0 unspecified atom stereocenters. The van der Waals surface area contributed by atoms with Gasteiger partial charge in [-0.3, -0.25) is 4.79 Å². The van der Waals surface area contributed by atoms with Crippen LogP contribution < -0.4 is 5.32 Å². The molecule has 1 aromatic carbocycles. The predicted molar refractivity (Wildman–Crippen MR) is 92.6 cm³/mol. The number of ether oxygens (including phenoxy) is 1. The number of methoxy groups -OCH3 is 1. The van der Waals surface area contributed by atoms with Gasteiger partial charge in [-0.25, -0.2) is 0 Å². The molecular formula is C17H24N6O2. The molecular weight excluding hydrogens is 320 g/mol. The van der Waals surface area contributed by atoms with Gasteiger partial charge in [-0.1, -0.05) is 12.1 Å². The standard InChI is InChI=1S/C17H24N6O2/c1-25-12-4-9-22-10-7-14(8-11-22)19-17(24)15-5-2-3-6-16(15)23-13-18-20-21-23/h2-3,5-6,13-14H,4,7-12H2,1H3,(H,19,24). The van der Waals surface area contributed by atoms with Crippen LogP contribution in [0.1, 0.15) is 29.6 Å². The molecule has 1 amide bonds. The zero-order valence-corrected chi connectivity index (χ0v) is 14.5. The van der Waals surface area contributed by atoms with Crippen LogP contribution in [0.4, 0.5) is 0 Å². The fraction of sp³-hybridized carbons (Fsp3) is 0.529. The van der Waals surface area contributed by atoms with Crippen molar-refractivity contribution in [2.24, 2.45) is 0 Å². The number of hydrogen-bond donors (Lipinski definition) is 1. The highest BCUT2D eigenvalue weighted by Gasteiger charge is 2.22. The number of hydrogen-bond acceptors (Lipinski definition) is 6. The molecule has 3 rings (SSSR count). The first kappa shape index (κ1) is 17.5. The molecule has 25 heavy (non-hydrogen) atoms. The molecule has 1 aromatic heterocycles. The number of rotatable bonds is 7. The predicted octanol–water partition coefficient (Wildman–Crippen LogP) is 0.893. The lowest BCUT2D eigenvalue weighted by molar-refractivity contribution is 0.0907. The molecule has 2 heterocycles. The van der Waals surface area contributed by atoms with Gasteiger partial charge >= 0.3 is 0 Å². The van der Waals surface area contributed by atoms with Gasteiger partial charge in [-0.2, -0.15) is 4.68 Å². The van der Waals surface area contributed by atoms with Gasteiger partial charge < -0.3 is 15.0 Å². The second-order valence-corrected chi connectivity index (χ2v) is 6.21. The quantitative estimate of drug-likeness (QED) is 0.751. The lowest BCUT2D eigenvalue weighted by atomic mass is 10.0. The maximum Gasteiger partial charge on any atom is 0.253 e. The Labute approximate surface area is 147 Å². The second kappa shape index (κ2) is 8.68. The minimum Gasteiger partial charge on any atom is -0.385 e. The first-order valence-corrected chi connectivity index (χ1v) is 8.62. The molecule has 1 saturated heterocycles. The summed E-state index contributed by atoms with van der Waals surface area (Å²) in [6.45, 7) is 3.85. The molecule has 1 aliphatic rings. The van der Waals surface area contributed by atoms with Crippen LogP contribution in [0.3, 0.4) is 0 Å². The van der Waals surface area contributed by atoms with Crippen LogP contribution in [-0.4, -0.2) is 70.4 Å². The van der Waals surface area contributed by atoms with E-state index in [1.807, 2.05) is 18.2 Å². The van der Waals surface area contributed by atoms with Gasteiger partial charge in [0.05, 0.1) is 11.3 Å². The Kier molecular flexibility index (Phi) is 6.08. The number of para-hydroxylation sites is 1. The summed E-state index contributed by atoms with van der Waals surface area (Å²) >= 11 is 0. The molecule has 0 aliphatic carbocycles. The van der Waals surface area contributed by atoms with Gasteiger partial charge in [-0.15, -0.1) is 5.10 Å². The third-order valence-electron chi connectivity index (χ3n) is 4.49. The van der Waals surface area contributed by atoms with E-state index in [0.29, 0.717) is 11.3 Å². The number of piperidine rings is 1. The summed E-state index contributed by atoms with van der Waals surface area (Å²) in [5, 5.41) is 14.3. The topological polar surface area (TPSA) is 85.2 Å². The molecule has 0 atom stereocenters. The Morgan fingerprint density at radius 1 is 1.32 bits per heavy atom. The van der Waals surface area contributed by atoms with E-state index < -0.39 is 0 Å². The molecule has 1 aliphatic heterocycles. The lowest BCUT2D eigenvalue weighted by Crippen LogP contribution is -2.45. The summed E-state index contributed by atoms with van der Waals surface area (Å²) in [5.41, 5.74) is 1.26. The van der Waals surface area contributed by atoms with Crippen molar-refractivity contribution in [1.82, 2.24) is 30.4 Å². The maximum atomic E-state index is 12.7. The number of benzene rings is 1. The summed E-state index contributed by atoms with van der Waals surface area (Å²) in [7, 11) is 1.73. The van der Waals surface area contributed by atoms with Gasteiger partial charge in [0.15, 0.2) is 0 Å². The van der Waals surface area contributed by atoms with Gasteiger partial charge in [0.2, 0.25) is 0 Å². The number of nitrogens with one attached hydrogen (secondary N) is 1. The molecule has 1 fully saturated rings. The largest absolute Gasteiger partial charge is 0.385 e. The smallest absolute Gasteiger partial charge is 0.253 e. The highest BCUT2D eigenvalue weighted by Crippen LogP contribution is 2.15. The zero-order chi connectivity index (χ0) is 17.5. The van der Waals surface area contributed by atoms with Gasteiger partial charge in [0, 0.05) is 39.4 Å². The molecule has 0 radical (unpaired) electrons. The number of aromatic nitrogens is 4. The minimum atomic E-state index is -0.0797. The summed E-state index contributed by atoms with van der Waals surface area (Å²) in [6.07, 6.45) is 4.47. The van der Waals surface area contributed by atoms with Crippen molar-refractivity contribution in [3.8, 4) is 5.69 Å². The number of carbonyl (C=O) groups excluding carboxylic acids is 1. The summed E-state index contributed by atoms with van der Waals surface area (Å²) < 4.78 is 6.61. The first-order chi connectivity index (χ1) is 12.3. The van der Waals surface area contributed by atoms with E-state index in [0.717, 1.165) is 45.5 Å². The second-order valence-electron chi connectivity index (χ2n) is 6.21. The van der Waals surface area contributed by atoms with Crippen LogP contribution in [0.25, 0.3) is 5.69 Å². The van der Waals surface area contributed by atoms with Gasteiger partial charge in [-0.05, 0) is 41.8 Å². The molecule has 2 aromatic rings. The third kappa shape index (κ3) is 4.61. The minimum absolute atomic E-state index is 0.0797. The highest BCUT2D eigenvalue weighted by molar-refractivity contribution is 5.97. The van der Waals surface area contributed by atoms with Crippen molar-refractivity contribution in [2.45, 2.75) is 25.3 Å². The van der Waals surface area contributed by atoms with Crippen molar-refractivity contribution in [1.29, 1.82) is 0 Å². The Morgan fingerprint density at radius 2 is 2.12 bits per heavy atom. The normalized spacial score (nSPS) is 16.0. The van der Waals surface area contributed by atoms with Crippen molar-refractivity contribution in [3.63, 3.8) is 0 Å². The van der Waals surface area contributed by atoms with E-state index in [9.17, 15) is 4.79 Å². The Hall–Kier alpha value is -2.32. The van der Waals surface area contributed by atoms with Crippen LogP contribution in [0.2, 0.25) is 0 Å². The zero-order valence-electron chi connectivity index (χ0n) is 14.5. The van der Waals surface area contributed by atoms with E-state index in [1.165, 1.54) is 11.0 Å². The van der Waals surface area contributed by atoms with Gasteiger partial charge in [0.25, 0.3) is 5.91 Å². The van der Waals surface area contributed by atoms with E-state index >= 15 is 0 Å². The monoisotopic (exact) mass is 344 g/mol. The van der Waals surface area contributed by atoms with Crippen molar-refractivity contribution < 1.29 is 9.53 Å². The molecule has 0 spiro atoms. The number of tetrazole rings is 1. The van der Waals surface area contributed by atoms with Crippen molar-refractivity contribution in [3.05, 3.63) is 36.2 Å². The fourth-order valence-corrected chi connectivity index (χ4v) is 3.13. The highest BCUT2D eigenvalue weighted by atomic mass is 16.5. The van der Waals surface area contributed by atoms with E-state index in [4.69, 9.17) is 4.74 Å². The maximum absolute atomic E-state index is 12.7. The van der Waals surface area contributed by atoms with Crippen molar-refractivity contribution >= 4 is 5.91 Å². The SMILES string of the molecule is COCCCN1CCC(NC(=O)c2ccccc2-n2cnnn2)CC1. The Bertz CT molecular complexity index is 668. The molecule has 1 N–H and O–H groups in total. The van der Waals surface area contributed by atoms with Crippen LogP contribution in [0.5, 0.6) is 0 Å². The lowest BCUT2D eigenvalue weighted by Gasteiger charge is -2.32. The van der Waals surface area contributed by atoms with Crippen LogP contribution in [0.15, 0.2) is 30.6 Å². The van der Waals surface area contributed by atoms with Gasteiger partial charge in [0.1, 0.15) is 6.33 Å². The van der Waals surface area contributed by atoms with E-state index in [1.54, 1.807) is 13.2 Å². The Morgan fingerprint density at radius 3 is 2.84 bits per heavy atom.